The Morgan fingerprint density at radius 3 is 2.50 bits per heavy atom. The second-order valence-electron chi connectivity index (χ2n) is 5.88. The molecule has 0 bridgehead atoms. The number of aromatic nitrogens is 2. The highest BCUT2D eigenvalue weighted by Gasteiger charge is 2.13. The number of halogens is 1. The van der Waals surface area contributed by atoms with Crippen molar-refractivity contribution in [2.24, 2.45) is 0 Å². The van der Waals surface area contributed by atoms with Crippen LogP contribution in [0.1, 0.15) is 35.8 Å². The molecule has 0 saturated carbocycles. The van der Waals surface area contributed by atoms with E-state index in [2.05, 4.69) is 29.4 Å². The molecule has 0 aliphatic heterocycles. The van der Waals surface area contributed by atoms with E-state index in [1.165, 1.54) is 5.56 Å². The molecular formula is C19H18ClN3O. The maximum absolute atomic E-state index is 12.3. The highest BCUT2D eigenvalue weighted by Crippen LogP contribution is 2.26. The Bertz CT molecular complexity index is 853. The van der Waals surface area contributed by atoms with Crippen molar-refractivity contribution in [2.45, 2.75) is 19.8 Å². The summed E-state index contributed by atoms with van der Waals surface area (Å²) in [5, 5.41) is 10.4. The van der Waals surface area contributed by atoms with Gasteiger partial charge in [-0.15, -0.1) is 0 Å². The van der Waals surface area contributed by atoms with Gasteiger partial charge < -0.3 is 5.32 Å². The summed E-state index contributed by atoms with van der Waals surface area (Å²) in [5.41, 5.74) is 3.79. The number of aromatic amines is 1. The molecule has 0 saturated heterocycles. The van der Waals surface area contributed by atoms with E-state index in [0.29, 0.717) is 22.3 Å². The van der Waals surface area contributed by atoms with E-state index in [1.807, 2.05) is 42.5 Å². The molecule has 4 nitrogen and oxygen atoms in total. The number of nitrogens with zero attached hydrogens (tertiary/aromatic N) is 1. The Labute approximate surface area is 145 Å². The van der Waals surface area contributed by atoms with Crippen molar-refractivity contribution < 1.29 is 4.79 Å². The zero-order valence-corrected chi connectivity index (χ0v) is 14.3. The Balaban J connectivity index is 1.75. The highest BCUT2D eigenvalue weighted by molar-refractivity contribution is 6.33. The molecule has 0 fully saturated rings. The number of H-pyrrole nitrogens is 1. The molecule has 2 N–H and O–H groups in total. The van der Waals surface area contributed by atoms with Gasteiger partial charge in [-0.25, -0.2) is 0 Å². The topological polar surface area (TPSA) is 57.8 Å². The minimum atomic E-state index is -0.238. The summed E-state index contributed by atoms with van der Waals surface area (Å²) >= 11 is 6.16. The average molecular weight is 340 g/mol. The van der Waals surface area contributed by atoms with Crippen LogP contribution >= 0.6 is 11.6 Å². The molecular weight excluding hydrogens is 322 g/mol. The van der Waals surface area contributed by atoms with Gasteiger partial charge in [0.1, 0.15) is 5.69 Å². The van der Waals surface area contributed by atoms with Crippen LogP contribution < -0.4 is 5.32 Å². The summed E-state index contributed by atoms with van der Waals surface area (Å²) in [5.74, 6) is 0.221. The Kier molecular flexibility index (Phi) is 4.67. The minimum absolute atomic E-state index is 0.238. The zero-order valence-electron chi connectivity index (χ0n) is 13.5. The summed E-state index contributed by atoms with van der Waals surface area (Å²) in [6, 6.07) is 16.9. The van der Waals surface area contributed by atoms with Crippen LogP contribution in [-0.4, -0.2) is 16.1 Å². The third-order valence-corrected chi connectivity index (χ3v) is 4.14. The van der Waals surface area contributed by atoms with Crippen molar-refractivity contribution in [1.82, 2.24) is 10.2 Å². The molecule has 122 valence electrons. The third-order valence-electron chi connectivity index (χ3n) is 3.81. The number of anilines is 1. The predicted octanol–water partition coefficient (Wildman–Crippen LogP) is 5.11. The van der Waals surface area contributed by atoms with Gasteiger partial charge >= 0.3 is 0 Å². The fourth-order valence-corrected chi connectivity index (χ4v) is 2.63. The molecule has 0 atom stereocenters. The van der Waals surface area contributed by atoms with Crippen LogP contribution in [0.3, 0.4) is 0 Å². The lowest BCUT2D eigenvalue weighted by Gasteiger charge is -2.07. The smallest absolute Gasteiger partial charge is 0.273 e. The number of rotatable bonds is 4. The van der Waals surface area contributed by atoms with Crippen LogP contribution in [0, 0.1) is 0 Å². The molecule has 1 aromatic heterocycles. The van der Waals surface area contributed by atoms with Gasteiger partial charge in [-0.05, 0) is 35.7 Å². The quantitative estimate of drug-likeness (QED) is 0.694. The van der Waals surface area contributed by atoms with E-state index < -0.39 is 0 Å². The van der Waals surface area contributed by atoms with Gasteiger partial charge in [0.25, 0.3) is 5.91 Å². The largest absolute Gasteiger partial charge is 0.321 e. The van der Waals surface area contributed by atoms with Crippen molar-refractivity contribution in [1.29, 1.82) is 0 Å². The summed E-state index contributed by atoms with van der Waals surface area (Å²) < 4.78 is 0. The molecule has 0 spiro atoms. The van der Waals surface area contributed by atoms with Gasteiger partial charge in [0, 0.05) is 11.3 Å². The summed E-state index contributed by atoms with van der Waals surface area (Å²) in [4.78, 5) is 12.3. The lowest BCUT2D eigenvalue weighted by Crippen LogP contribution is -2.12. The number of hydrogen-bond acceptors (Lipinski definition) is 2. The first kappa shape index (κ1) is 16.3. The molecule has 1 heterocycles. The normalized spacial score (nSPS) is 10.8. The summed E-state index contributed by atoms with van der Waals surface area (Å²) in [6.07, 6.45) is 0. The van der Waals surface area contributed by atoms with Gasteiger partial charge in [0.2, 0.25) is 0 Å². The van der Waals surface area contributed by atoms with Gasteiger partial charge in [-0.3, -0.25) is 9.89 Å². The van der Waals surface area contributed by atoms with Crippen LogP contribution in [0.2, 0.25) is 5.02 Å². The third kappa shape index (κ3) is 3.49. The van der Waals surface area contributed by atoms with E-state index in [1.54, 1.807) is 12.1 Å². The first-order chi connectivity index (χ1) is 11.5. The van der Waals surface area contributed by atoms with Crippen LogP contribution in [0.5, 0.6) is 0 Å². The molecule has 0 unspecified atom stereocenters. The van der Waals surface area contributed by atoms with Crippen LogP contribution in [0.25, 0.3) is 11.3 Å². The standard InChI is InChI=1S/C19H18ClN3O/c1-12(2)13-7-9-14(10-8-13)21-19(24)18-11-17(22-23-18)15-5-3-4-6-16(15)20/h3-12H,1-2H3,(H,21,24)(H,22,23). The molecule has 24 heavy (non-hydrogen) atoms. The second-order valence-corrected chi connectivity index (χ2v) is 6.28. The van der Waals surface area contributed by atoms with E-state index in [4.69, 9.17) is 11.6 Å². The number of carbonyl (C=O) groups is 1. The van der Waals surface area contributed by atoms with E-state index >= 15 is 0 Å². The average Bonchev–Trinajstić information content (AvgIpc) is 3.05. The first-order valence-corrected chi connectivity index (χ1v) is 8.14. The predicted molar refractivity (Wildman–Crippen MR) is 97.5 cm³/mol. The minimum Gasteiger partial charge on any atom is -0.321 e. The molecule has 3 aromatic rings. The van der Waals surface area contributed by atoms with Crippen molar-refractivity contribution >= 4 is 23.2 Å². The fourth-order valence-electron chi connectivity index (χ4n) is 2.39. The van der Waals surface area contributed by atoms with E-state index in [9.17, 15) is 4.79 Å². The lowest BCUT2D eigenvalue weighted by atomic mass is 10.0. The Morgan fingerprint density at radius 1 is 1.12 bits per heavy atom. The van der Waals surface area contributed by atoms with Gasteiger partial charge in [0.15, 0.2) is 0 Å². The van der Waals surface area contributed by atoms with Crippen molar-refractivity contribution in [3.8, 4) is 11.3 Å². The number of nitrogens with one attached hydrogen (secondary N) is 2. The second kappa shape index (κ2) is 6.89. The van der Waals surface area contributed by atoms with Crippen molar-refractivity contribution in [3.63, 3.8) is 0 Å². The maximum atomic E-state index is 12.3. The summed E-state index contributed by atoms with van der Waals surface area (Å²) in [6.45, 7) is 4.27. The van der Waals surface area contributed by atoms with Gasteiger partial charge in [-0.2, -0.15) is 5.10 Å². The van der Waals surface area contributed by atoms with E-state index in [0.717, 1.165) is 11.3 Å². The van der Waals surface area contributed by atoms with Crippen LogP contribution in [0.15, 0.2) is 54.6 Å². The molecule has 0 aliphatic carbocycles. The Hall–Kier alpha value is -2.59. The van der Waals surface area contributed by atoms with Crippen LogP contribution in [-0.2, 0) is 0 Å². The molecule has 0 aliphatic rings. The monoisotopic (exact) mass is 339 g/mol. The number of amides is 1. The molecule has 2 aromatic carbocycles. The van der Waals surface area contributed by atoms with Gasteiger partial charge in [0.05, 0.1) is 10.7 Å². The van der Waals surface area contributed by atoms with Gasteiger partial charge in [-0.1, -0.05) is 55.8 Å². The first-order valence-electron chi connectivity index (χ1n) is 7.76. The molecule has 1 amide bonds. The number of carbonyl (C=O) groups excluding carboxylic acids is 1. The van der Waals surface area contributed by atoms with Crippen LogP contribution in [0.4, 0.5) is 5.69 Å². The summed E-state index contributed by atoms with van der Waals surface area (Å²) in [7, 11) is 0. The fraction of sp³-hybridized carbons (Fsp3) is 0.158. The number of hydrogen-bond donors (Lipinski definition) is 2. The highest BCUT2D eigenvalue weighted by atomic mass is 35.5. The zero-order chi connectivity index (χ0) is 17.1. The molecule has 5 heteroatoms. The molecule has 3 rings (SSSR count). The molecule has 0 radical (unpaired) electrons. The Morgan fingerprint density at radius 2 is 1.83 bits per heavy atom. The lowest BCUT2D eigenvalue weighted by molar-refractivity contribution is 0.102. The van der Waals surface area contributed by atoms with E-state index in [-0.39, 0.29) is 5.91 Å². The SMILES string of the molecule is CC(C)c1ccc(NC(=O)c2cc(-c3ccccc3Cl)n[nH]2)cc1. The van der Waals surface area contributed by atoms with Crippen molar-refractivity contribution in [2.75, 3.05) is 5.32 Å². The maximum Gasteiger partial charge on any atom is 0.273 e. The van der Waals surface area contributed by atoms with Crippen molar-refractivity contribution in [3.05, 3.63) is 70.9 Å². The number of benzene rings is 2.